The third-order valence-corrected chi connectivity index (χ3v) is 2.63. The molecule has 1 aromatic carbocycles. The summed E-state index contributed by atoms with van der Waals surface area (Å²) in [5.74, 6) is -0.412. The summed E-state index contributed by atoms with van der Waals surface area (Å²) in [7, 11) is 0. The summed E-state index contributed by atoms with van der Waals surface area (Å²) in [5, 5.41) is 12.4. The summed E-state index contributed by atoms with van der Waals surface area (Å²) in [4.78, 5) is 11.7. The summed E-state index contributed by atoms with van der Waals surface area (Å²) in [6.45, 7) is 2.77. The number of amides is 1. The van der Waals surface area contributed by atoms with Gasteiger partial charge < -0.3 is 16.2 Å². The Labute approximate surface area is 102 Å². The largest absolute Gasteiger partial charge is 0.505 e. The van der Waals surface area contributed by atoms with Crippen LogP contribution in [-0.2, 0) is 0 Å². The van der Waals surface area contributed by atoms with Crippen LogP contribution < -0.4 is 11.1 Å². The van der Waals surface area contributed by atoms with Crippen molar-refractivity contribution in [2.45, 2.75) is 32.6 Å². The Bertz CT molecular complexity index is 378. The average molecular weight is 236 g/mol. The van der Waals surface area contributed by atoms with Gasteiger partial charge in [0.15, 0.2) is 5.75 Å². The van der Waals surface area contributed by atoms with Gasteiger partial charge in [-0.25, -0.2) is 0 Å². The van der Waals surface area contributed by atoms with Crippen molar-refractivity contribution in [2.24, 2.45) is 0 Å². The predicted octanol–water partition coefficient (Wildman–Crippen LogP) is 2.28. The molecule has 0 aliphatic heterocycles. The fourth-order valence-electron chi connectivity index (χ4n) is 1.59. The number of phenols is 1. The maximum atomic E-state index is 11.7. The van der Waals surface area contributed by atoms with Gasteiger partial charge in [0.2, 0.25) is 0 Å². The quantitative estimate of drug-likeness (QED) is 0.403. The lowest BCUT2D eigenvalue weighted by molar-refractivity contribution is 0.0950. The van der Waals surface area contributed by atoms with Crippen molar-refractivity contribution in [1.82, 2.24) is 5.32 Å². The van der Waals surface area contributed by atoms with E-state index in [1.54, 1.807) is 18.2 Å². The summed E-state index contributed by atoms with van der Waals surface area (Å²) < 4.78 is 0. The fraction of sp³-hybridized carbons (Fsp3) is 0.462. The van der Waals surface area contributed by atoms with Gasteiger partial charge in [-0.1, -0.05) is 32.3 Å². The first kappa shape index (κ1) is 13.4. The van der Waals surface area contributed by atoms with Crippen molar-refractivity contribution < 1.29 is 9.90 Å². The molecule has 4 nitrogen and oxygen atoms in total. The van der Waals surface area contributed by atoms with Crippen LogP contribution >= 0.6 is 0 Å². The second kappa shape index (κ2) is 6.78. The Balaban J connectivity index is 2.44. The van der Waals surface area contributed by atoms with E-state index in [0.717, 1.165) is 12.8 Å². The molecular formula is C13H20N2O2. The lowest BCUT2D eigenvalue weighted by atomic mass is 10.1. The number of para-hydroxylation sites is 1. The number of hydrogen-bond donors (Lipinski definition) is 3. The third-order valence-electron chi connectivity index (χ3n) is 2.63. The zero-order valence-corrected chi connectivity index (χ0v) is 10.2. The Kier molecular flexibility index (Phi) is 5.33. The van der Waals surface area contributed by atoms with E-state index in [-0.39, 0.29) is 22.9 Å². The molecule has 94 valence electrons. The van der Waals surface area contributed by atoms with E-state index in [2.05, 4.69) is 12.2 Å². The van der Waals surface area contributed by atoms with Crippen molar-refractivity contribution in [3.05, 3.63) is 23.8 Å². The van der Waals surface area contributed by atoms with Crippen LogP contribution in [0.4, 0.5) is 5.69 Å². The number of benzene rings is 1. The van der Waals surface area contributed by atoms with Crippen molar-refractivity contribution in [1.29, 1.82) is 0 Å². The molecule has 17 heavy (non-hydrogen) atoms. The molecule has 0 heterocycles. The standard InChI is InChI=1S/C13H20N2O2/c1-2-3-4-5-9-15-13(17)10-7-6-8-11(14)12(10)16/h6-8,16H,2-5,9,14H2,1H3,(H,15,17). The summed E-state index contributed by atoms with van der Waals surface area (Å²) in [6, 6.07) is 4.78. The van der Waals surface area contributed by atoms with E-state index in [9.17, 15) is 9.90 Å². The minimum absolute atomic E-state index is 0.140. The normalized spacial score (nSPS) is 10.2. The molecule has 1 aromatic rings. The number of hydrogen-bond acceptors (Lipinski definition) is 3. The number of rotatable bonds is 6. The second-order valence-corrected chi connectivity index (χ2v) is 4.06. The molecular weight excluding hydrogens is 216 g/mol. The number of unbranched alkanes of at least 4 members (excludes halogenated alkanes) is 3. The van der Waals surface area contributed by atoms with Crippen molar-refractivity contribution in [3.63, 3.8) is 0 Å². The molecule has 4 heteroatoms. The van der Waals surface area contributed by atoms with Gasteiger partial charge in [-0.2, -0.15) is 0 Å². The molecule has 0 saturated heterocycles. The van der Waals surface area contributed by atoms with Gasteiger partial charge in [-0.15, -0.1) is 0 Å². The first-order valence-corrected chi connectivity index (χ1v) is 6.02. The molecule has 0 spiro atoms. The first-order chi connectivity index (χ1) is 8.16. The maximum Gasteiger partial charge on any atom is 0.255 e. The Morgan fingerprint density at radius 3 is 2.82 bits per heavy atom. The van der Waals surface area contributed by atoms with Gasteiger partial charge in [0.25, 0.3) is 5.91 Å². The SMILES string of the molecule is CCCCCCNC(=O)c1cccc(N)c1O. The molecule has 0 saturated carbocycles. The number of phenolic OH excluding ortho intramolecular Hbond substituents is 1. The maximum absolute atomic E-state index is 11.7. The van der Waals surface area contributed by atoms with Crippen LogP contribution in [0.1, 0.15) is 43.0 Å². The van der Waals surface area contributed by atoms with Crippen molar-refractivity contribution >= 4 is 11.6 Å². The second-order valence-electron chi connectivity index (χ2n) is 4.06. The minimum atomic E-state index is -0.272. The van der Waals surface area contributed by atoms with E-state index < -0.39 is 0 Å². The number of nitrogens with two attached hydrogens (primary N) is 1. The molecule has 0 radical (unpaired) electrons. The Morgan fingerprint density at radius 1 is 1.35 bits per heavy atom. The summed E-state index contributed by atoms with van der Waals surface area (Å²) in [6.07, 6.45) is 4.42. The molecule has 0 fully saturated rings. The number of nitrogens with one attached hydrogen (secondary N) is 1. The van der Waals surface area contributed by atoms with Crippen molar-refractivity contribution in [2.75, 3.05) is 12.3 Å². The molecule has 0 aliphatic rings. The smallest absolute Gasteiger partial charge is 0.255 e. The van der Waals surface area contributed by atoms with Gasteiger partial charge >= 0.3 is 0 Å². The molecule has 0 aliphatic carbocycles. The number of nitrogen functional groups attached to an aromatic ring is 1. The van der Waals surface area contributed by atoms with Crippen LogP contribution in [0.2, 0.25) is 0 Å². The van der Waals surface area contributed by atoms with Gasteiger partial charge in [-0.3, -0.25) is 4.79 Å². The predicted molar refractivity (Wildman–Crippen MR) is 69.0 cm³/mol. The van der Waals surface area contributed by atoms with Crippen LogP contribution in [0.3, 0.4) is 0 Å². The first-order valence-electron chi connectivity index (χ1n) is 6.02. The van der Waals surface area contributed by atoms with E-state index in [1.165, 1.54) is 12.8 Å². The van der Waals surface area contributed by atoms with Gasteiger partial charge in [0, 0.05) is 6.54 Å². The third kappa shape index (κ3) is 3.98. The van der Waals surface area contributed by atoms with Crippen LogP contribution in [0.5, 0.6) is 5.75 Å². The summed E-state index contributed by atoms with van der Waals surface area (Å²) >= 11 is 0. The zero-order chi connectivity index (χ0) is 12.7. The highest BCUT2D eigenvalue weighted by Crippen LogP contribution is 2.23. The highest BCUT2D eigenvalue weighted by atomic mass is 16.3. The number of carbonyl (C=O) groups is 1. The summed E-state index contributed by atoms with van der Waals surface area (Å²) in [5.41, 5.74) is 5.98. The molecule has 0 bridgehead atoms. The number of anilines is 1. The molecule has 0 atom stereocenters. The topological polar surface area (TPSA) is 75.4 Å². The zero-order valence-electron chi connectivity index (χ0n) is 10.2. The highest BCUT2D eigenvalue weighted by Gasteiger charge is 2.11. The van der Waals surface area contributed by atoms with Crippen molar-refractivity contribution in [3.8, 4) is 5.75 Å². The molecule has 0 unspecified atom stereocenters. The van der Waals surface area contributed by atoms with Gasteiger partial charge in [-0.05, 0) is 18.6 Å². The van der Waals surface area contributed by atoms with Crippen LogP contribution in [0.15, 0.2) is 18.2 Å². The average Bonchev–Trinajstić information content (AvgIpc) is 2.32. The minimum Gasteiger partial charge on any atom is -0.505 e. The lowest BCUT2D eigenvalue weighted by Crippen LogP contribution is -2.24. The number of carbonyl (C=O) groups excluding carboxylic acids is 1. The van der Waals surface area contributed by atoms with Crippen LogP contribution in [-0.4, -0.2) is 17.6 Å². The monoisotopic (exact) mass is 236 g/mol. The van der Waals surface area contributed by atoms with Gasteiger partial charge in [0.05, 0.1) is 11.3 Å². The Hall–Kier alpha value is -1.71. The van der Waals surface area contributed by atoms with E-state index in [4.69, 9.17) is 5.73 Å². The highest BCUT2D eigenvalue weighted by molar-refractivity contribution is 5.98. The van der Waals surface area contributed by atoms with E-state index in [1.807, 2.05) is 0 Å². The van der Waals surface area contributed by atoms with E-state index in [0.29, 0.717) is 6.54 Å². The molecule has 4 N–H and O–H groups in total. The Morgan fingerprint density at radius 2 is 2.12 bits per heavy atom. The van der Waals surface area contributed by atoms with Gasteiger partial charge in [0.1, 0.15) is 0 Å². The fourth-order valence-corrected chi connectivity index (χ4v) is 1.59. The van der Waals surface area contributed by atoms with Crippen LogP contribution in [0.25, 0.3) is 0 Å². The van der Waals surface area contributed by atoms with Crippen LogP contribution in [0, 0.1) is 0 Å². The molecule has 1 rings (SSSR count). The van der Waals surface area contributed by atoms with E-state index >= 15 is 0 Å². The molecule has 0 aromatic heterocycles. The lowest BCUT2D eigenvalue weighted by Gasteiger charge is -2.07. The number of aromatic hydroxyl groups is 1. The molecule has 1 amide bonds.